The molecule has 1 fully saturated rings. The number of anilines is 2. The molecule has 0 bridgehead atoms. The predicted octanol–water partition coefficient (Wildman–Crippen LogP) is 6.66. The first-order chi connectivity index (χ1) is 21.6. The second kappa shape index (κ2) is 12.7. The molecular formula is C33H30BrN3O6S2. The number of carboxylic acid groups (broad SMARTS) is 1. The van der Waals surface area contributed by atoms with E-state index in [0.717, 1.165) is 15.7 Å². The van der Waals surface area contributed by atoms with E-state index in [1.807, 2.05) is 64.9 Å². The number of benzene rings is 3. The number of hydrogen-bond donors (Lipinski definition) is 1. The number of hydrogen-bond acceptors (Lipinski definition) is 7. The van der Waals surface area contributed by atoms with Crippen molar-refractivity contribution in [3.8, 4) is 0 Å². The zero-order chi connectivity index (χ0) is 31.7. The van der Waals surface area contributed by atoms with Crippen LogP contribution in [0.4, 0.5) is 11.4 Å². The normalized spacial score (nSPS) is 13.7. The Kier molecular flexibility index (Phi) is 8.71. The third-order valence-corrected chi connectivity index (χ3v) is 11.6. The fourth-order valence-electron chi connectivity index (χ4n) is 5.63. The fraction of sp³-hybridized carbons (Fsp3) is 0.212. The molecule has 1 saturated heterocycles. The van der Waals surface area contributed by atoms with E-state index in [2.05, 4.69) is 20.8 Å². The van der Waals surface area contributed by atoms with E-state index in [1.165, 1.54) is 27.8 Å². The van der Waals surface area contributed by atoms with Crippen molar-refractivity contribution in [3.63, 3.8) is 0 Å². The molecule has 2 aromatic heterocycles. The van der Waals surface area contributed by atoms with Crippen molar-refractivity contribution in [3.05, 3.63) is 110 Å². The van der Waals surface area contributed by atoms with Crippen molar-refractivity contribution in [2.24, 2.45) is 0 Å². The number of amides is 1. The molecule has 1 aliphatic heterocycles. The number of thiophene rings is 1. The first kappa shape index (κ1) is 30.9. The van der Waals surface area contributed by atoms with Gasteiger partial charge in [0.2, 0.25) is 5.76 Å². The highest BCUT2D eigenvalue weighted by molar-refractivity contribution is 9.10. The molecule has 1 aliphatic rings. The molecule has 6 rings (SSSR count). The molecule has 0 spiro atoms. The molecule has 0 unspecified atom stereocenters. The largest absolute Gasteiger partial charge is 0.475 e. The number of para-hydroxylation sites is 2. The lowest BCUT2D eigenvalue weighted by Gasteiger charge is -2.38. The summed E-state index contributed by atoms with van der Waals surface area (Å²) in [6.07, 6.45) is 0.470. The minimum Gasteiger partial charge on any atom is -0.475 e. The van der Waals surface area contributed by atoms with Gasteiger partial charge in [-0.2, -0.15) is 0 Å². The Morgan fingerprint density at radius 1 is 0.978 bits per heavy atom. The Labute approximate surface area is 273 Å². The molecule has 3 heterocycles. The zero-order valence-electron chi connectivity index (χ0n) is 24.4. The Bertz CT molecular complexity index is 1980. The van der Waals surface area contributed by atoms with Gasteiger partial charge in [-0.25, -0.2) is 13.2 Å². The topological polar surface area (TPSA) is 111 Å². The van der Waals surface area contributed by atoms with Crippen LogP contribution in [0.5, 0.6) is 0 Å². The zero-order valence-corrected chi connectivity index (χ0v) is 27.6. The van der Waals surface area contributed by atoms with E-state index in [4.69, 9.17) is 4.42 Å². The molecule has 232 valence electrons. The summed E-state index contributed by atoms with van der Waals surface area (Å²) in [6, 6.07) is 23.4. The van der Waals surface area contributed by atoms with Gasteiger partial charge < -0.3 is 19.3 Å². The number of piperazine rings is 1. The van der Waals surface area contributed by atoms with Crippen molar-refractivity contribution in [1.82, 2.24) is 4.90 Å². The molecule has 12 heteroatoms. The Balaban J connectivity index is 1.34. The highest BCUT2D eigenvalue weighted by atomic mass is 79.9. The minimum absolute atomic E-state index is 0.000458. The van der Waals surface area contributed by atoms with Gasteiger partial charge in [-0.3, -0.25) is 9.10 Å². The summed E-state index contributed by atoms with van der Waals surface area (Å²) in [5, 5.41) is 11.9. The number of aromatic carboxylic acids is 1. The molecule has 9 nitrogen and oxygen atoms in total. The molecule has 0 saturated carbocycles. The van der Waals surface area contributed by atoms with Crippen LogP contribution in [0.1, 0.15) is 31.4 Å². The van der Waals surface area contributed by atoms with E-state index >= 15 is 0 Å². The molecule has 1 N–H and O–H groups in total. The molecule has 3 aromatic carbocycles. The maximum atomic E-state index is 14.5. The molecule has 1 amide bonds. The Morgan fingerprint density at radius 3 is 2.38 bits per heavy atom. The highest BCUT2D eigenvalue weighted by Gasteiger charge is 2.31. The number of nitrogens with zero attached hydrogens (tertiary/aromatic N) is 3. The third kappa shape index (κ3) is 6.09. The summed E-state index contributed by atoms with van der Waals surface area (Å²) >= 11 is 4.86. The molecular weight excluding hydrogens is 678 g/mol. The first-order valence-electron chi connectivity index (χ1n) is 14.3. The number of sulfonamides is 1. The van der Waals surface area contributed by atoms with Gasteiger partial charge in [0.1, 0.15) is 10.5 Å². The fourth-order valence-corrected chi connectivity index (χ4v) is 8.63. The van der Waals surface area contributed by atoms with Gasteiger partial charge in [-0.1, -0.05) is 42.5 Å². The van der Waals surface area contributed by atoms with Crippen molar-refractivity contribution in [2.45, 2.75) is 18.2 Å². The quantitative estimate of drug-likeness (QED) is 0.182. The molecule has 45 heavy (non-hydrogen) atoms. The SMILES string of the molecule is Cc1c(C(=O)O)oc2cc(S(=O)(=O)N(CCc3ccccc3)c3ccccc3N3CCN(C(=O)c4sccc4Br)CC3)ccc12. The number of carboxylic acids is 1. The van der Waals surface area contributed by atoms with E-state index in [9.17, 15) is 23.1 Å². The van der Waals surface area contributed by atoms with E-state index in [0.29, 0.717) is 54.1 Å². The molecule has 0 radical (unpaired) electrons. The summed E-state index contributed by atoms with van der Waals surface area (Å²) < 4.78 is 36.7. The average Bonchev–Trinajstić information content (AvgIpc) is 3.64. The second-order valence-corrected chi connectivity index (χ2v) is 14.3. The minimum atomic E-state index is -4.13. The lowest BCUT2D eigenvalue weighted by molar-refractivity contribution is 0.0663. The van der Waals surface area contributed by atoms with Gasteiger partial charge in [0.15, 0.2) is 0 Å². The van der Waals surface area contributed by atoms with E-state index in [-0.39, 0.29) is 28.7 Å². The standard InChI is InChI=1S/C33H30BrN3O6S2/c1-22-25-12-11-24(21-29(25)43-30(22)33(39)40)45(41,42)37(15-13-23-7-3-2-4-8-23)28-10-6-5-9-27(28)35-16-18-36(19-17-35)32(38)31-26(34)14-20-44-31/h2-12,14,20-21H,13,15-19H2,1H3,(H,39,40). The van der Waals surface area contributed by atoms with Crippen LogP contribution in [-0.2, 0) is 16.4 Å². The summed E-state index contributed by atoms with van der Waals surface area (Å²) in [7, 11) is -4.13. The summed E-state index contributed by atoms with van der Waals surface area (Å²) in [5.74, 6) is -1.45. The maximum absolute atomic E-state index is 14.5. The lowest BCUT2D eigenvalue weighted by Crippen LogP contribution is -2.49. The number of carbonyl (C=O) groups is 2. The van der Waals surface area contributed by atoms with Crippen molar-refractivity contribution >= 4 is 71.5 Å². The average molecular weight is 709 g/mol. The van der Waals surface area contributed by atoms with Crippen molar-refractivity contribution in [2.75, 3.05) is 41.9 Å². The van der Waals surface area contributed by atoms with Crippen molar-refractivity contribution in [1.29, 1.82) is 0 Å². The number of halogens is 1. The van der Waals surface area contributed by atoms with E-state index in [1.54, 1.807) is 19.1 Å². The third-order valence-electron chi connectivity index (χ3n) is 8.01. The van der Waals surface area contributed by atoms with Crippen LogP contribution in [0.2, 0.25) is 0 Å². The van der Waals surface area contributed by atoms with Gasteiger partial charge in [0.25, 0.3) is 15.9 Å². The monoisotopic (exact) mass is 707 g/mol. The molecule has 0 atom stereocenters. The van der Waals surface area contributed by atoms with Crippen LogP contribution in [-0.4, -0.2) is 63.0 Å². The van der Waals surface area contributed by atoms with Gasteiger partial charge in [-0.05, 0) is 70.5 Å². The van der Waals surface area contributed by atoms with Crippen LogP contribution in [0.25, 0.3) is 11.0 Å². The Hall–Kier alpha value is -4.13. The second-order valence-electron chi connectivity index (χ2n) is 10.7. The lowest BCUT2D eigenvalue weighted by atomic mass is 10.1. The summed E-state index contributed by atoms with van der Waals surface area (Å²) in [6.45, 7) is 3.87. The molecule has 5 aromatic rings. The first-order valence-corrected chi connectivity index (χ1v) is 17.5. The molecule has 0 aliphatic carbocycles. The van der Waals surface area contributed by atoms with Gasteiger partial charge in [0.05, 0.1) is 16.3 Å². The van der Waals surface area contributed by atoms with Gasteiger partial charge >= 0.3 is 5.97 Å². The maximum Gasteiger partial charge on any atom is 0.372 e. The van der Waals surface area contributed by atoms with Crippen LogP contribution in [0, 0.1) is 6.92 Å². The van der Waals surface area contributed by atoms with Gasteiger partial charge in [0, 0.05) is 54.2 Å². The summed E-state index contributed by atoms with van der Waals surface area (Å²) in [5.41, 5.74) is 2.90. The number of aryl methyl sites for hydroxylation is 1. The van der Waals surface area contributed by atoms with Crippen LogP contribution in [0.3, 0.4) is 0 Å². The van der Waals surface area contributed by atoms with Crippen LogP contribution >= 0.6 is 27.3 Å². The number of furan rings is 1. The Morgan fingerprint density at radius 2 is 1.69 bits per heavy atom. The highest BCUT2D eigenvalue weighted by Crippen LogP contribution is 2.36. The van der Waals surface area contributed by atoms with Crippen LogP contribution in [0.15, 0.2) is 98.0 Å². The number of rotatable bonds is 9. The van der Waals surface area contributed by atoms with Crippen molar-refractivity contribution < 1.29 is 27.5 Å². The summed E-state index contributed by atoms with van der Waals surface area (Å²) in [4.78, 5) is 29.4. The number of carbonyl (C=O) groups excluding carboxylic acids is 1. The van der Waals surface area contributed by atoms with Gasteiger partial charge in [-0.15, -0.1) is 11.3 Å². The number of fused-ring (bicyclic) bond motifs is 1. The predicted molar refractivity (Wildman–Crippen MR) is 179 cm³/mol. The smallest absolute Gasteiger partial charge is 0.372 e. The van der Waals surface area contributed by atoms with Crippen LogP contribution < -0.4 is 9.21 Å². The van der Waals surface area contributed by atoms with E-state index < -0.39 is 16.0 Å².